The Labute approximate surface area is 199 Å². The fraction of sp³-hybridized carbons (Fsp3) is 0.520. The average Bonchev–Trinajstić information content (AvgIpc) is 3.37. The normalized spacial score (nSPS) is 31.4. The first-order chi connectivity index (χ1) is 16.5. The van der Waals surface area contributed by atoms with Gasteiger partial charge in [0.25, 0.3) is 5.91 Å². The summed E-state index contributed by atoms with van der Waals surface area (Å²) in [6.07, 6.45) is 1.12. The van der Waals surface area contributed by atoms with Crippen LogP contribution in [-0.4, -0.2) is 47.8 Å². The van der Waals surface area contributed by atoms with Gasteiger partial charge in [-0.25, -0.2) is 8.78 Å². The molecule has 7 rings (SSSR count). The van der Waals surface area contributed by atoms with Crippen LogP contribution in [0.5, 0.6) is 0 Å². The van der Waals surface area contributed by atoms with Crippen molar-refractivity contribution in [2.75, 3.05) is 24.5 Å². The molecule has 35 heavy (non-hydrogen) atoms. The molecule has 1 atom stereocenters. The maximum Gasteiger partial charge on any atom is 0.394 e. The molecule has 3 saturated carbocycles. The Morgan fingerprint density at radius 1 is 1.06 bits per heavy atom. The smallest absolute Gasteiger partial charge is 0.368 e. The summed E-state index contributed by atoms with van der Waals surface area (Å²) >= 11 is 0. The van der Waals surface area contributed by atoms with Crippen LogP contribution in [0.1, 0.15) is 48.9 Å². The van der Waals surface area contributed by atoms with Crippen LogP contribution in [0, 0.1) is 17.0 Å². The lowest BCUT2D eigenvalue weighted by Gasteiger charge is -2.70. The van der Waals surface area contributed by atoms with Crippen molar-refractivity contribution < 1.29 is 26.7 Å². The van der Waals surface area contributed by atoms with Gasteiger partial charge in [0.1, 0.15) is 11.6 Å². The molecule has 0 unspecified atom stereocenters. The van der Waals surface area contributed by atoms with Crippen molar-refractivity contribution in [3.8, 4) is 11.1 Å². The molecule has 2 saturated heterocycles. The molecule has 1 aromatic heterocycles. The third kappa shape index (κ3) is 3.51. The Bertz CT molecular complexity index is 1170. The number of hydrogen-bond acceptors (Lipinski definition) is 4. The van der Waals surface area contributed by atoms with E-state index >= 15 is 0 Å². The van der Waals surface area contributed by atoms with Crippen LogP contribution in [0.3, 0.4) is 0 Å². The van der Waals surface area contributed by atoms with Gasteiger partial charge in [-0.2, -0.15) is 13.2 Å². The molecule has 3 aliphatic carbocycles. The molecule has 5 nitrogen and oxygen atoms in total. The highest BCUT2D eigenvalue weighted by Gasteiger charge is 2.79. The van der Waals surface area contributed by atoms with Gasteiger partial charge in [-0.1, -0.05) is 0 Å². The number of amides is 1. The molecule has 5 fully saturated rings. The Hall–Kier alpha value is -2.75. The summed E-state index contributed by atoms with van der Waals surface area (Å²) < 4.78 is 68.0. The molecule has 2 aliphatic heterocycles. The summed E-state index contributed by atoms with van der Waals surface area (Å²) in [5, 5.41) is 6.38. The van der Waals surface area contributed by atoms with Crippen molar-refractivity contribution >= 4 is 11.6 Å². The molecule has 0 radical (unpaired) electrons. The van der Waals surface area contributed by atoms with E-state index < -0.39 is 34.7 Å². The Morgan fingerprint density at radius 2 is 1.77 bits per heavy atom. The number of anilines is 1. The summed E-state index contributed by atoms with van der Waals surface area (Å²) in [6, 6.07) is 3.16. The highest BCUT2D eigenvalue weighted by Crippen LogP contribution is 2.73. The van der Waals surface area contributed by atoms with E-state index in [2.05, 4.69) is 15.6 Å². The van der Waals surface area contributed by atoms with E-state index in [0.717, 1.165) is 31.9 Å². The quantitative estimate of drug-likeness (QED) is 0.614. The summed E-state index contributed by atoms with van der Waals surface area (Å²) in [5.74, 6) is -2.01. The lowest BCUT2D eigenvalue weighted by Crippen LogP contribution is -2.78. The number of benzene rings is 1. The molecule has 5 aliphatic rings. The van der Waals surface area contributed by atoms with Gasteiger partial charge in [0.2, 0.25) is 0 Å². The van der Waals surface area contributed by atoms with E-state index in [9.17, 15) is 26.7 Å². The summed E-state index contributed by atoms with van der Waals surface area (Å²) in [4.78, 5) is 19.6. The lowest BCUT2D eigenvalue weighted by molar-refractivity contribution is -0.336. The molecule has 10 heteroatoms. The number of nitrogens with one attached hydrogen (secondary N) is 2. The predicted molar refractivity (Wildman–Crippen MR) is 119 cm³/mol. The zero-order valence-corrected chi connectivity index (χ0v) is 18.9. The third-order valence-electron chi connectivity index (χ3n) is 8.35. The first-order valence-electron chi connectivity index (χ1n) is 11.9. The molecule has 186 valence electrons. The number of nitrogens with zero attached hydrogens (tertiary/aromatic N) is 2. The van der Waals surface area contributed by atoms with Gasteiger partial charge in [0.05, 0.1) is 16.7 Å². The van der Waals surface area contributed by atoms with Gasteiger partial charge in [-0.15, -0.1) is 0 Å². The van der Waals surface area contributed by atoms with Crippen molar-refractivity contribution in [3.05, 3.63) is 47.8 Å². The SMILES string of the molecule is O=C(NC12CC(C(F)(F)F)(C1)C2)c1cncc(-c2cc(F)cc(F)c2)c1N1CC[C@@]2(CCCN2)C1. The number of rotatable bonds is 4. The van der Waals surface area contributed by atoms with Gasteiger partial charge >= 0.3 is 6.18 Å². The average molecular weight is 492 g/mol. The van der Waals surface area contributed by atoms with Crippen LogP contribution < -0.4 is 15.5 Å². The fourth-order valence-corrected chi connectivity index (χ4v) is 6.69. The number of aromatic nitrogens is 1. The standard InChI is InChI=1S/C25H25F5N4O/c26-16-6-15(7-17(27)8-16)18-9-31-10-19(20(18)34-5-3-23(14-34)2-1-4-32-23)21(35)33-24-11-22(12-24,13-24)25(28,29)30/h6-10,32H,1-5,11-14H2,(H,33,35)/t22?,23-,24?/m0/s1. The van der Waals surface area contributed by atoms with Crippen molar-refractivity contribution in [2.45, 2.75) is 55.8 Å². The van der Waals surface area contributed by atoms with E-state index in [1.165, 1.54) is 24.5 Å². The molecule has 3 heterocycles. The Morgan fingerprint density at radius 3 is 2.40 bits per heavy atom. The summed E-state index contributed by atoms with van der Waals surface area (Å²) in [7, 11) is 0. The van der Waals surface area contributed by atoms with E-state index in [0.29, 0.717) is 24.3 Å². The largest absolute Gasteiger partial charge is 0.394 e. The number of alkyl halides is 3. The predicted octanol–water partition coefficient (Wildman–Crippen LogP) is 4.57. The van der Waals surface area contributed by atoms with Crippen molar-refractivity contribution in [1.29, 1.82) is 0 Å². The maximum absolute atomic E-state index is 14.1. The van der Waals surface area contributed by atoms with Gasteiger partial charge < -0.3 is 15.5 Å². The molecular weight excluding hydrogens is 467 g/mol. The highest BCUT2D eigenvalue weighted by atomic mass is 19.4. The zero-order valence-electron chi connectivity index (χ0n) is 18.9. The van der Waals surface area contributed by atoms with Gasteiger partial charge in [-0.3, -0.25) is 9.78 Å². The van der Waals surface area contributed by atoms with Crippen LogP contribution in [0.15, 0.2) is 30.6 Å². The van der Waals surface area contributed by atoms with Crippen molar-refractivity contribution in [1.82, 2.24) is 15.6 Å². The first-order valence-corrected chi connectivity index (χ1v) is 11.9. The van der Waals surface area contributed by atoms with E-state index in [1.54, 1.807) is 0 Å². The first kappa shape index (κ1) is 22.7. The minimum Gasteiger partial charge on any atom is -0.368 e. The van der Waals surface area contributed by atoms with Gasteiger partial charge in [0, 0.05) is 48.2 Å². The maximum atomic E-state index is 14.1. The number of halogens is 5. The molecule has 2 N–H and O–H groups in total. The summed E-state index contributed by atoms with van der Waals surface area (Å²) in [6.45, 7) is 2.15. The second kappa shape index (κ2) is 7.38. The second-order valence-corrected chi connectivity index (χ2v) is 10.8. The minimum absolute atomic E-state index is 0.0889. The number of hydrogen-bond donors (Lipinski definition) is 2. The fourth-order valence-electron chi connectivity index (χ4n) is 6.69. The van der Waals surface area contributed by atoms with E-state index in [4.69, 9.17) is 0 Å². The molecule has 2 bridgehead atoms. The second-order valence-electron chi connectivity index (χ2n) is 10.8. The van der Waals surface area contributed by atoms with Crippen LogP contribution in [0.25, 0.3) is 11.1 Å². The molecule has 1 aromatic carbocycles. The highest BCUT2D eigenvalue weighted by molar-refractivity contribution is 6.03. The van der Waals surface area contributed by atoms with E-state index in [-0.39, 0.29) is 35.9 Å². The lowest BCUT2D eigenvalue weighted by atomic mass is 9.39. The Balaban J connectivity index is 1.35. The van der Waals surface area contributed by atoms with Crippen molar-refractivity contribution in [3.63, 3.8) is 0 Å². The number of pyridine rings is 1. The molecule has 1 spiro atoms. The van der Waals surface area contributed by atoms with Crippen LogP contribution in [0.2, 0.25) is 0 Å². The number of carbonyl (C=O) groups is 1. The molecule has 1 amide bonds. The van der Waals surface area contributed by atoms with Crippen LogP contribution >= 0.6 is 0 Å². The Kier molecular flexibility index (Phi) is 4.79. The van der Waals surface area contributed by atoms with Crippen molar-refractivity contribution in [2.24, 2.45) is 5.41 Å². The molecule has 2 aromatic rings. The van der Waals surface area contributed by atoms with Gasteiger partial charge in [-0.05, 0) is 62.8 Å². The topological polar surface area (TPSA) is 57.3 Å². The molecular formula is C25H25F5N4O. The third-order valence-corrected chi connectivity index (χ3v) is 8.35. The van der Waals surface area contributed by atoms with Gasteiger partial charge in [0.15, 0.2) is 0 Å². The zero-order chi connectivity index (χ0) is 24.6. The number of carbonyl (C=O) groups excluding carboxylic acids is 1. The van der Waals surface area contributed by atoms with Crippen LogP contribution in [-0.2, 0) is 0 Å². The van der Waals surface area contributed by atoms with Crippen LogP contribution in [0.4, 0.5) is 27.6 Å². The monoisotopic (exact) mass is 492 g/mol. The minimum atomic E-state index is -4.27. The van der Waals surface area contributed by atoms with E-state index in [1.807, 2.05) is 4.90 Å². The summed E-state index contributed by atoms with van der Waals surface area (Å²) in [5.41, 5.74) is -1.26.